The van der Waals surface area contributed by atoms with E-state index in [1.165, 1.54) is 4.80 Å². The summed E-state index contributed by atoms with van der Waals surface area (Å²) in [5.74, 6) is 0.783. The Balaban J connectivity index is 1.37. The van der Waals surface area contributed by atoms with E-state index in [0.29, 0.717) is 24.3 Å². The number of carbonyl (C=O) groups is 1. The molecular formula is C24H23N5O2. The molecule has 156 valence electrons. The van der Waals surface area contributed by atoms with Crippen LogP contribution in [0.25, 0.3) is 16.6 Å². The van der Waals surface area contributed by atoms with Gasteiger partial charge in [0.1, 0.15) is 11.9 Å². The lowest BCUT2D eigenvalue weighted by atomic mass is 10.1. The minimum absolute atomic E-state index is 0.0309. The van der Waals surface area contributed by atoms with E-state index in [0.717, 1.165) is 35.1 Å². The summed E-state index contributed by atoms with van der Waals surface area (Å²) in [6, 6.07) is 15.5. The number of fused-ring (bicyclic) bond motifs is 1. The Bertz CT molecular complexity index is 1220. The largest absolute Gasteiger partial charge is 0.488 e. The van der Waals surface area contributed by atoms with Gasteiger partial charge in [-0.05, 0) is 50.1 Å². The molecule has 0 saturated carbocycles. The Kier molecular flexibility index (Phi) is 5.08. The lowest BCUT2D eigenvalue weighted by Gasteiger charge is -2.33. The zero-order valence-corrected chi connectivity index (χ0v) is 17.3. The monoisotopic (exact) mass is 413 g/mol. The summed E-state index contributed by atoms with van der Waals surface area (Å²) in [5, 5.41) is 9.37. The number of aryl methyl sites for hydroxylation is 1. The van der Waals surface area contributed by atoms with Crippen LogP contribution < -0.4 is 4.74 Å². The normalized spacial score (nSPS) is 16.4. The van der Waals surface area contributed by atoms with Crippen molar-refractivity contribution in [1.29, 1.82) is 0 Å². The second-order valence-corrected chi connectivity index (χ2v) is 7.80. The van der Waals surface area contributed by atoms with Crippen LogP contribution in [0.3, 0.4) is 0 Å². The number of amides is 1. The smallest absolute Gasteiger partial charge is 0.256 e. The van der Waals surface area contributed by atoms with Crippen molar-refractivity contribution in [1.82, 2.24) is 24.9 Å². The molecule has 2 aromatic carbocycles. The zero-order valence-electron chi connectivity index (χ0n) is 17.3. The van der Waals surface area contributed by atoms with Crippen molar-refractivity contribution in [3.8, 4) is 11.4 Å². The summed E-state index contributed by atoms with van der Waals surface area (Å²) < 4.78 is 6.38. The molecule has 1 atom stereocenters. The summed E-state index contributed by atoms with van der Waals surface area (Å²) >= 11 is 0. The number of piperidine rings is 1. The van der Waals surface area contributed by atoms with Crippen LogP contribution in [0, 0.1) is 6.92 Å². The highest BCUT2D eigenvalue weighted by atomic mass is 16.5. The van der Waals surface area contributed by atoms with Crippen LogP contribution in [0.2, 0.25) is 0 Å². The molecular weight excluding hydrogens is 390 g/mol. The van der Waals surface area contributed by atoms with Gasteiger partial charge in [0.2, 0.25) is 0 Å². The minimum Gasteiger partial charge on any atom is -0.488 e. The number of nitrogens with zero attached hydrogens (tertiary/aromatic N) is 5. The Morgan fingerprint density at radius 3 is 2.77 bits per heavy atom. The number of pyridine rings is 1. The summed E-state index contributed by atoms with van der Waals surface area (Å²) in [4.78, 5) is 21.1. The lowest BCUT2D eigenvalue weighted by molar-refractivity contribution is 0.0541. The maximum atomic E-state index is 13.4. The fourth-order valence-corrected chi connectivity index (χ4v) is 4.08. The first kappa shape index (κ1) is 19.2. The number of likely N-dealkylation sites (tertiary alicyclic amines) is 1. The average Bonchev–Trinajstić information content (AvgIpc) is 3.34. The second-order valence-electron chi connectivity index (χ2n) is 7.80. The van der Waals surface area contributed by atoms with Crippen molar-refractivity contribution in [2.45, 2.75) is 25.9 Å². The maximum absolute atomic E-state index is 13.4. The molecule has 1 saturated heterocycles. The number of hydrogen-bond donors (Lipinski definition) is 0. The Morgan fingerprint density at radius 1 is 1.06 bits per heavy atom. The first-order valence-corrected chi connectivity index (χ1v) is 10.5. The van der Waals surface area contributed by atoms with Crippen LogP contribution in [0.5, 0.6) is 5.75 Å². The average molecular weight is 413 g/mol. The van der Waals surface area contributed by atoms with Gasteiger partial charge >= 0.3 is 0 Å². The van der Waals surface area contributed by atoms with E-state index in [-0.39, 0.29) is 12.0 Å². The number of ether oxygens (including phenoxy) is 1. The Hall–Kier alpha value is -3.74. The van der Waals surface area contributed by atoms with Crippen LogP contribution in [-0.2, 0) is 0 Å². The molecule has 0 N–H and O–H groups in total. The number of carbonyl (C=O) groups excluding carboxylic acids is 1. The number of hydrogen-bond acceptors (Lipinski definition) is 5. The van der Waals surface area contributed by atoms with E-state index in [1.54, 1.807) is 18.6 Å². The van der Waals surface area contributed by atoms with Gasteiger partial charge in [-0.25, -0.2) is 0 Å². The quantitative estimate of drug-likeness (QED) is 0.509. The number of rotatable bonds is 4. The summed E-state index contributed by atoms with van der Waals surface area (Å²) in [5.41, 5.74) is 3.34. The maximum Gasteiger partial charge on any atom is 0.256 e. The van der Waals surface area contributed by atoms with Gasteiger partial charge in [0.15, 0.2) is 0 Å². The van der Waals surface area contributed by atoms with Gasteiger partial charge in [-0.1, -0.05) is 23.8 Å². The molecule has 3 heterocycles. The Morgan fingerprint density at radius 2 is 1.90 bits per heavy atom. The molecule has 31 heavy (non-hydrogen) atoms. The number of para-hydroxylation sites is 1. The minimum atomic E-state index is -0.0706. The fourth-order valence-electron chi connectivity index (χ4n) is 4.08. The highest BCUT2D eigenvalue weighted by molar-refractivity contribution is 5.97. The van der Waals surface area contributed by atoms with E-state index in [9.17, 15) is 4.79 Å². The molecule has 0 bridgehead atoms. The van der Waals surface area contributed by atoms with Crippen molar-refractivity contribution < 1.29 is 9.53 Å². The van der Waals surface area contributed by atoms with Crippen LogP contribution >= 0.6 is 0 Å². The molecule has 2 aromatic heterocycles. The summed E-state index contributed by atoms with van der Waals surface area (Å²) in [7, 11) is 0. The zero-order chi connectivity index (χ0) is 21.2. The summed E-state index contributed by atoms with van der Waals surface area (Å²) in [6.45, 7) is 3.30. The van der Waals surface area contributed by atoms with Gasteiger partial charge in [0, 0.05) is 18.1 Å². The predicted molar refractivity (Wildman–Crippen MR) is 117 cm³/mol. The number of benzene rings is 2. The first-order chi connectivity index (χ1) is 15.2. The molecule has 1 aliphatic rings. The van der Waals surface area contributed by atoms with Crippen molar-refractivity contribution in [2.24, 2.45) is 0 Å². The van der Waals surface area contributed by atoms with Gasteiger partial charge in [-0.15, -0.1) is 0 Å². The third-order valence-electron chi connectivity index (χ3n) is 5.58. The van der Waals surface area contributed by atoms with Crippen molar-refractivity contribution in [2.75, 3.05) is 13.1 Å². The topological polar surface area (TPSA) is 73.1 Å². The predicted octanol–water partition coefficient (Wildman–Crippen LogP) is 3.81. The molecule has 0 aliphatic carbocycles. The van der Waals surface area contributed by atoms with Crippen LogP contribution in [0.4, 0.5) is 0 Å². The second kappa shape index (κ2) is 8.18. The van der Waals surface area contributed by atoms with Gasteiger partial charge in [0.05, 0.1) is 35.7 Å². The Labute approximate surface area is 180 Å². The number of aromatic nitrogens is 4. The molecule has 7 heteroatoms. The van der Waals surface area contributed by atoms with Gasteiger partial charge in [-0.2, -0.15) is 15.0 Å². The van der Waals surface area contributed by atoms with Crippen molar-refractivity contribution >= 4 is 16.8 Å². The standard InChI is InChI=1S/C24H23N5O2/c1-17-8-9-21-20(15-17)23(10-11-25-21)31-18-5-4-14-28(16-18)24(30)19-6-2-3-7-22(19)29-26-12-13-27-29/h2-3,6-13,15,18H,4-5,14,16H2,1H3. The van der Waals surface area contributed by atoms with E-state index in [4.69, 9.17) is 4.74 Å². The molecule has 0 radical (unpaired) electrons. The first-order valence-electron chi connectivity index (χ1n) is 10.5. The van der Waals surface area contributed by atoms with Gasteiger partial charge < -0.3 is 9.64 Å². The highest BCUT2D eigenvalue weighted by Crippen LogP contribution is 2.28. The third-order valence-corrected chi connectivity index (χ3v) is 5.58. The van der Waals surface area contributed by atoms with E-state index >= 15 is 0 Å². The van der Waals surface area contributed by atoms with Crippen molar-refractivity contribution in [3.05, 3.63) is 78.2 Å². The van der Waals surface area contributed by atoms with Crippen LogP contribution in [-0.4, -0.2) is 50.0 Å². The van der Waals surface area contributed by atoms with Crippen LogP contribution in [0.1, 0.15) is 28.8 Å². The summed E-state index contributed by atoms with van der Waals surface area (Å²) in [6.07, 6.45) is 6.70. The molecule has 7 nitrogen and oxygen atoms in total. The fraction of sp³-hybridized carbons (Fsp3) is 0.250. The molecule has 4 aromatic rings. The SMILES string of the molecule is Cc1ccc2nccc(OC3CCCN(C(=O)c4ccccc4-n4nccn4)C3)c2c1. The van der Waals surface area contributed by atoms with Gasteiger partial charge in [-0.3, -0.25) is 9.78 Å². The highest BCUT2D eigenvalue weighted by Gasteiger charge is 2.27. The molecule has 1 amide bonds. The van der Waals surface area contributed by atoms with E-state index in [1.807, 2.05) is 47.4 Å². The van der Waals surface area contributed by atoms with E-state index < -0.39 is 0 Å². The molecule has 1 aliphatic heterocycles. The lowest BCUT2D eigenvalue weighted by Crippen LogP contribution is -2.44. The van der Waals surface area contributed by atoms with Crippen LogP contribution in [0.15, 0.2) is 67.1 Å². The molecule has 0 spiro atoms. The molecule has 5 rings (SSSR count). The van der Waals surface area contributed by atoms with Crippen molar-refractivity contribution in [3.63, 3.8) is 0 Å². The third kappa shape index (κ3) is 3.86. The van der Waals surface area contributed by atoms with Gasteiger partial charge in [0.25, 0.3) is 5.91 Å². The van der Waals surface area contributed by atoms with E-state index in [2.05, 4.69) is 28.2 Å². The molecule has 1 unspecified atom stereocenters. The molecule has 1 fully saturated rings.